The molecule has 0 amide bonds. The molecule has 4 rings (SSSR count). The summed E-state index contributed by atoms with van der Waals surface area (Å²) in [5.74, 6) is 0.512. The summed E-state index contributed by atoms with van der Waals surface area (Å²) in [4.78, 5) is 14.8. The van der Waals surface area contributed by atoms with Gasteiger partial charge in [0.05, 0.1) is 37.2 Å². The molecular weight excluding hydrogens is 352 g/mol. The minimum atomic E-state index is -1.29. The van der Waals surface area contributed by atoms with Crippen LogP contribution in [-0.2, 0) is 20.8 Å². The largest absolute Gasteiger partial charge is 0.593 e. The maximum atomic E-state index is 13.2. The van der Waals surface area contributed by atoms with Gasteiger partial charge in [-0.1, -0.05) is 4.31 Å². The molecule has 2 aliphatic heterocycles. The van der Waals surface area contributed by atoms with Crippen LogP contribution >= 0.6 is 0 Å². The van der Waals surface area contributed by atoms with E-state index in [1.165, 1.54) is 26.5 Å². The molecule has 0 aromatic heterocycles. The minimum Gasteiger partial charge on any atom is -0.593 e. The van der Waals surface area contributed by atoms with Crippen LogP contribution in [0.5, 0.6) is 0 Å². The number of hydrogen-bond donors (Lipinski definition) is 0. The second kappa shape index (κ2) is 7.48. The van der Waals surface area contributed by atoms with E-state index < -0.39 is 17.1 Å². The fraction of sp³-hybridized carbons (Fsp3) is 0.632. The zero-order chi connectivity index (χ0) is 18.1. The van der Waals surface area contributed by atoms with Crippen LogP contribution < -0.4 is 0 Å². The van der Waals surface area contributed by atoms with Crippen molar-refractivity contribution < 1.29 is 18.8 Å². The molecule has 0 bridgehead atoms. The molecule has 1 atom stereocenters. The third-order valence-electron chi connectivity index (χ3n) is 5.65. The van der Waals surface area contributed by atoms with Crippen LogP contribution in [0.4, 0.5) is 0 Å². The Morgan fingerprint density at radius 1 is 1.27 bits per heavy atom. The molecule has 0 radical (unpaired) electrons. The van der Waals surface area contributed by atoms with Crippen molar-refractivity contribution in [3.63, 3.8) is 0 Å². The van der Waals surface area contributed by atoms with E-state index in [9.17, 15) is 9.35 Å². The van der Waals surface area contributed by atoms with Crippen molar-refractivity contribution >= 4 is 17.3 Å². The Balaban J connectivity index is 1.43. The van der Waals surface area contributed by atoms with Gasteiger partial charge in [-0.25, -0.2) is 4.79 Å². The van der Waals surface area contributed by atoms with Crippen molar-refractivity contribution in [3.8, 4) is 0 Å². The second-order valence-electron chi connectivity index (χ2n) is 7.41. The van der Waals surface area contributed by atoms with Crippen molar-refractivity contribution in [1.82, 2.24) is 9.21 Å². The Labute approximate surface area is 157 Å². The average molecular weight is 378 g/mol. The molecule has 1 aromatic carbocycles. The number of rotatable bonds is 5. The molecule has 1 unspecified atom stereocenters. The van der Waals surface area contributed by atoms with E-state index in [1.54, 1.807) is 24.3 Å². The number of benzene rings is 1. The van der Waals surface area contributed by atoms with Gasteiger partial charge >= 0.3 is 5.97 Å². The third kappa shape index (κ3) is 3.64. The number of carbonyl (C=O) groups excluding carboxylic acids is 1. The number of nitrogens with zero attached hydrogens (tertiary/aromatic N) is 2. The van der Waals surface area contributed by atoms with Gasteiger partial charge in [0.25, 0.3) is 0 Å². The fourth-order valence-electron chi connectivity index (χ4n) is 3.93. The Morgan fingerprint density at radius 2 is 1.96 bits per heavy atom. The topological polar surface area (TPSA) is 65.1 Å². The van der Waals surface area contributed by atoms with Crippen molar-refractivity contribution in [2.24, 2.45) is 5.92 Å². The van der Waals surface area contributed by atoms with Crippen LogP contribution in [0.15, 0.2) is 29.2 Å². The number of carbonyl (C=O) groups is 1. The van der Waals surface area contributed by atoms with Gasteiger partial charge in [0.1, 0.15) is 0 Å². The van der Waals surface area contributed by atoms with Gasteiger partial charge in [-0.15, -0.1) is 0 Å². The summed E-state index contributed by atoms with van der Waals surface area (Å²) in [5.41, 5.74) is 0.0559. The first-order chi connectivity index (χ1) is 12.6. The van der Waals surface area contributed by atoms with Gasteiger partial charge < -0.3 is 18.9 Å². The van der Waals surface area contributed by atoms with Crippen molar-refractivity contribution in [1.29, 1.82) is 0 Å². The number of piperidine rings is 1. The van der Waals surface area contributed by atoms with E-state index in [1.807, 2.05) is 4.31 Å². The quantitative estimate of drug-likeness (QED) is 0.577. The summed E-state index contributed by atoms with van der Waals surface area (Å²) in [7, 11) is 1.36. The highest BCUT2D eigenvalue weighted by Crippen LogP contribution is 2.39. The maximum absolute atomic E-state index is 13.2. The predicted molar refractivity (Wildman–Crippen MR) is 98.0 cm³/mol. The van der Waals surface area contributed by atoms with Crippen LogP contribution in [0.25, 0.3) is 0 Å². The molecule has 142 valence electrons. The summed E-state index contributed by atoms with van der Waals surface area (Å²) in [6.45, 7) is 4.51. The fourth-order valence-corrected chi connectivity index (χ4v) is 5.33. The van der Waals surface area contributed by atoms with Crippen molar-refractivity contribution in [2.45, 2.75) is 36.3 Å². The van der Waals surface area contributed by atoms with E-state index in [2.05, 4.69) is 4.90 Å². The maximum Gasteiger partial charge on any atom is 0.337 e. The first-order valence-corrected chi connectivity index (χ1v) is 10.5. The lowest BCUT2D eigenvalue weighted by Gasteiger charge is -2.42. The Hall–Kier alpha value is -1.12. The summed E-state index contributed by atoms with van der Waals surface area (Å²) in [6, 6.07) is 6.83. The molecule has 26 heavy (non-hydrogen) atoms. The van der Waals surface area contributed by atoms with Crippen molar-refractivity contribution in [3.05, 3.63) is 29.8 Å². The van der Waals surface area contributed by atoms with Crippen LogP contribution in [0.2, 0.25) is 0 Å². The first kappa shape index (κ1) is 18.3. The smallest absolute Gasteiger partial charge is 0.337 e. The van der Waals surface area contributed by atoms with Gasteiger partial charge in [-0.2, -0.15) is 0 Å². The van der Waals surface area contributed by atoms with E-state index in [0.29, 0.717) is 23.6 Å². The standard InChI is InChI=1S/C19H26N2O4S/c1-24-18(22)16-4-6-17(7-5-16)26(23)21-12-13-25-19(21)8-10-20(11-9-19)14-15-2-3-15/h4-7,15H,2-3,8-14H2,1H3. The Morgan fingerprint density at radius 3 is 2.58 bits per heavy atom. The molecule has 6 nitrogen and oxygen atoms in total. The predicted octanol–water partition coefficient (Wildman–Crippen LogP) is 2.03. The third-order valence-corrected chi connectivity index (χ3v) is 7.24. The van der Waals surface area contributed by atoms with Crippen LogP contribution in [0.3, 0.4) is 0 Å². The molecule has 0 N–H and O–H groups in total. The molecule has 3 fully saturated rings. The minimum absolute atomic E-state index is 0.383. The Kier molecular flexibility index (Phi) is 5.25. The number of methoxy groups -OCH3 is 1. The lowest BCUT2D eigenvalue weighted by molar-refractivity contribution is -0.0910. The molecule has 1 saturated carbocycles. The number of hydrogen-bond acceptors (Lipinski definition) is 6. The van der Waals surface area contributed by atoms with Gasteiger partial charge in [0, 0.05) is 32.5 Å². The van der Waals surface area contributed by atoms with E-state index in [-0.39, 0.29) is 5.97 Å². The van der Waals surface area contributed by atoms with Gasteiger partial charge in [0.2, 0.25) is 0 Å². The van der Waals surface area contributed by atoms with Crippen LogP contribution in [0, 0.1) is 5.92 Å². The summed E-state index contributed by atoms with van der Waals surface area (Å²) >= 11 is -1.29. The van der Waals surface area contributed by atoms with E-state index >= 15 is 0 Å². The number of ether oxygens (including phenoxy) is 2. The molecule has 1 aromatic rings. The van der Waals surface area contributed by atoms with Crippen LogP contribution in [-0.4, -0.2) is 65.3 Å². The summed E-state index contributed by atoms with van der Waals surface area (Å²) in [5, 5.41) is 0. The normalized spacial score (nSPS) is 24.7. The average Bonchev–Trinajstić information content (AvgIpc) is 3.41. The second-order valence-corrected chi connectivity index (χ2v) is 8.82. The van der Waals surface area contributed by atoms with Crippen molar-refractivity contribution in [2.75, 3.05) is 39.9 Å². The highest BCUT2D eigenvalue weighted by molar-refractivity contribution is 7.89. The van der Waals surface area contributed by atoms with Crippen LogP contribution in [0.1, 0.15) is 36.0 Å². The lowest BCUT2D eigenvalue weighted by atomic mass is 10.0. The highest BCUT2D eigenvalue weighted by Gasteiger charge is 2.51. The zero-order valence-electron chi connectivity index (χ0n) is 15.2. The Bertz CT molecular complexity index is 641. The molecule has 2 saturated heterocycles. The number of likely N-dealkylation sites (tertiary alicyclic amines) is 1. The number of esters is 1. The molecule has 7 heteroatoms. The van der Waals surface area contributed by atoms with Gasteiger partial charge in [-0.05, 0) is 43.0 Å². The molecule has 1 aliphatic carbocycles. The SMILES string of the molecule is COC(=O)c1ccc([S+]([O-])N2CCOC23CCN(CC2CC2)CC3)cc1. The van der Waals surface area contributed by atoms with E-state index in [4.69, 9.17) is 9.47 Å². The van der Waals surface area contributed by atoms with Gasteiger partial charge in [-0.3, -0.25) is 0 Å². The first-order valence-electron chi connectivity index (χ1n) is 9.35. The monoisotopic (exact) mass is 378 g/mol. The zero-order valence-corrected chi connectivity index (χ0v) is 16.0. The molecule has 1 spiro atoms. The molecule has 2 heterocycles. The lowest BCUT2D eigenvalue weighted by Crippen LogP contribution is -2.55. The molecular formula is C19H26N2O4S. The highest BCUT2D eigenvalue weighted by atomic mass is 32.2. The van der Waals surface area contributed by atoms with Gasteiger partial charge in [0.15, 0.2) is 10.6 Å². The molecule has 3 aliphatic rings. The van der Waals surface area contributed by atoms with E-state index in [0.717, 1.165) is 31.8 Å². The summed E-state index contributed by atoms with van der Waals surface area (Å²) < 4.78 is 26.0. The summed E-state index contributed by atoms with van der Waals surface area (Å²) in [6.07, 6.45) is 4.53.